The van der Waals surface area contributed by atoms with Crippen LogP contribution in [0.5, 0.6) is 5.75 Å². The minimum atomic E-state index is 0.315. The lowest BCUT2D eigenvalue weighted by molar-refractivity contribution is 0.340. The molecule has 0 amide bonds. The van der Waals surface area contributed by atoms with Crippen LogP contribution in [0.1, 0.15) is 30.9 Å². The Bertz CT molecular complexity index is 564. The lowest BCUT2D eigenvalue weighted by Gasteiger charge is -2.13. The molecule has 96 valence electrons. The van der Waals surface area contributed by atoms with E-state index >= 15 is 0 Å². The molecule has 1 unspecified atom stereocenters. The summed E-state index contributed by atoms with van der Waals surface area (Å²) in [6, 6.07) is 16.0. The van der Waals surface area contributed by atoms with Crippen molar-refractivity contribution in [2.45, 2.75) is 19.8 Å². The van der Waals surface area contributed by atoms with E-state index in [9.17, 15) is 0 Å². The molecule has 0 saturated carbocycles. The van der Waals surface area contributed by atoms with Crippen LogP contribution in [0.25, 0.3) is 4.85 Å². The minimum absolute atomic E-state index is 0.315. The van der Waals surface area contributed by atoms with Gasteiger partial charge in [-0.2, -0.15) is 0 Å². The highest BCUT2D eigenvalue weighted by atomic mass is 16.5. The lowest BCUT2D eigenvalue weighted by atomic mass is 9.93. The Morgan fingerprint density at radius 3 is 2.00 bits per heavy atom. The predicted octanol–water partition coefficient (Wildman–Crippen LogP) is 4.79. The quantitative estimate of drug-likeness (QED) is 0.712. The summed E-state index contributed by atoms with van der Waals surface area (Å²) in [6.07, 6.45) is 0. The van der Waals surface area contributed by atoms with Crippen molar-refractivity contribution in [1.29, 1.82) is 0 Å². The predicted molar refractivity (Wildman–Crippen MR) is 77.8 cm³/mol. The highest BCUT2D eigenvalue weighted by Gasteiger charge is 2.08. The zero-order chi connectivity index (χ0) is 13.7. The molecule has 1 atom stereocenters. The zero-order valence-corrected chi connectivity index (χ0v) is 11.3. The van der Waals surface area contributed by atoms with Gasteiger partial charge in [-0.05, 0) is 30.2 Å². The van der Waals surface area contributed by atoms with Gasteiger partial charge in [0, 0.05) is 5.92 Å². The van der Waals surface area contributed by atoms with Crippen LogP contribution in [0.3, 0.4) is 0 Å². The standard InChI is InChI=1S/C17H17NO/c1-4-19-17-11-7-15(8-12-17)13(2)14-5-9-16(18-3)10-6-14/h5-13H,4H2,1-2H3. The third-order valence-corrected chi connectivity index (χ3v) is 3.21. The van der Waals surface area contributed by atoms with Crippen molar-refractivity contribution >= 4 is 5.69 Å². The van der Waals surface area contributed by atoms with Crippen molar-refractivity contribution in [2.75, 3.05) is 6.61 Å². The molecular formula is C17H17NO. The molecule has 2 heteroatoms. The van der Waals surface area contributed by atoms with Crippen LogP contribution in [-0.2, 0) is 0 Å². The maximum Gasteiger partial charge on any atom is 0.187 e. The molecule has 0 aliphatic rings. The number of nitrogens with zero attached hydrogens (tertiary/aromatic N) is 1. The van der Waals surface area contributed by atoms with Crippen molar-refractivity contribution in [2.24, 2.45) is 0 Å². The Morgan fingerprint density at radius 1 is 1.00 bits per heavy atom. The summed E-state index contributed by atoms with van der Waals surface area (Å²) in [5, 5.41) is 0. The zero-order valence-electron chi connectivity index (χ0n) is 11.3. The summed E-state index contributed by atoms with van der Waals surface area (Å²) in [7, 11) is 0. The Morgan fingerprint density at radius 2 is 1.53 bits per heavy atom. The molecule has 0 N–H and O–H groups in total. The molecule has 2 rings (SSSR count). The van der Waals surface area contributed by atoms with Crippen LogP contribution in [0.15, 0.2) is 48.5 Å². The number of rotatable bonds is 4. The van der Waals surface area contributed by atoms with Crippen LogP contribution in [0.4, 0.5) is 5.69 Å². The molecule has 2 nitrogen and oxygen atoms in total. The first kappa shape index (κ1) is 13.2. The second-order valence-corrected chi connectivity index (χ2v) is 4.43. The average Bonchev–Trinajstić information content (AvgIpc) is 2.48. The lowest BCUT2D eigenvalue weighted by Crippen LogP contribution is -1.96. The number of benzene rings is 2. The highest BCUT2D eigenvalue weighted by molar-refractivity contribution is 5.47. The maximum atomic E-state index is 6.96. The fourth-order valence-electron chi connectivity index (χ4n) is 2.05. The van der Waals surface area contributed by atoms with Crippen LogP contribution in [-0.4, -0.2) is 6.61 Å². The smallest absolute Gasteiger partial charge is 0.187 e. The van der Waals surface area contributed by atoms with E-state index in [-0.39, 0.29) is 0 Å². The minimum Gasteiger partial charge on any atom is -0.494 e. The van der Waals surface area contributed by atoms with Gasteiger partial charge in [-0.25, -0.2) is 4.85 Å². The normalized spacial score (nSPS) is 11.6. The number of hydrogen-bond donors (Lipinski definition) is 0. The summed E-state index contributed by atoms with van der Waals surface area (Å²) in [4.78, 5) is 3.41. The molecule has 0 aliphatic heterocycles. The van der Waals surface area contributed by atoms with Gasteiger partial charge >= 0.3 is 0 Å². The van der Waals surface area contributed by atoms with Gasteiger partial charge in [-0.1, -0.05) is 43.3 Å². The molecule has 0 aromatic heterocycles. The monoisotopic (exact) mass is 251 g/mol. The molecule has 2 aromatic rings. The topological polar surface area (TPSA) is 13.6 Å². The van der Waals surface area contributed by atoms with Crippen LogP contribution in [0, 0.1) is 6.57 Å². The molecule has 0 spiro atoms. The molecule has 2 aromatic carbocycles. The van der Waals surface area contributed by atoms with Gasteiger partial charge < -0.3 is 4.74 Å². The van der Waals surface area contributed by atoms with Crippen molar-refractivity contribution in [3.05, 3.63) is 71.1 Å². The van der Waals surface area contributed by atoms with Gasteiger partial charge in [-0.15, -0.1) is 0 Å². The molecule has 0 saturated heterocycles. The van der Waals surface area contributed by atoms with Gasteiger partial charge in [0.2, 0.25) is 0 Å². The molecule has 0 radical (unpaired) electrons. The van der Waals surface area contributed by atoms with E-state index in [1.807, 2.05) is 43.3 Å². The van der Waals surface area contributed by atoms with Crippen LogP contribution >= 0.6 is 0 Å². The first-order chi connectivity index (χ1) is 9.24. The third-order valence-electron chi connectivity index (χ3n) is 3.21. The van der Waals surface area contributed by atoms with E-state index in [1.165, 1.54) is 11.1 Å². The molecule has 0 aliphatic carbocycles. The van der Waals surface area contributed by atoms with Crippen molar-refractivity contribution in [1.82, 2.24) is 0 Å². The van der Waals surface area contributed by atoms with E-state index in [0.717, 1.165) is 5.75 Å². The Kier molecular flexibility index (Phi) is 4.20. The van der Waals surface area contributed by atoms with Crippen LogP contribution in [0.2, 0.25) is 0 Å². The Labute approximate surface area is 114 Å². The fraction of sp³-hybridized carbons (Fsp3) is 0.235. The largest absolute Gasteiger partial charge is 0.494 e. The molecular weight excluding hydrogens is 234 g/mol. The van der Waals surface area contributed by atoms with Gasteiger partial charge in [0.25, 0.3) is 0 Å². The second kappa shape index (κ2) is 6.06. The molecule has 0 heterocycles. The molecule has 19 heavy (non-hydrogen) atoms. The first-order valence-corrected chi connectivity index (χ1v) is 6.44. The van der Waals surface area contributed by atoms with Gasteiger partial charge in [0.1, 0.15) is 5.75 Å². The van der Waals surface area contributed by atoms with E-state index in [2.05, 4.69) is 23.9 Å². The summed E-state index contributed by atoms with van der Waals surface area (Å²) >= 11 is 0. The highest BCUT2D eigenvalue weighted by Crippen LogP contribution is 2.27. The maximum absolute atomic E-state index is 6.96. The summed E-state index contributed by atoms with van der Waals surface area (Å²) in [6.45, 7) is 11.8. The van der Waals surface area contributed by atoms with Crippen LogP contribution < -0.4 is 4.74 Å². The van der Waals surface area contributed by atoms with E-state index in [4.69, 9.17) is 11.3 Å². The van der Waals surface area contributed by atoms with Crippen molar-refractivity contribution in [3.63, 3.8) is 0 Å². The molecule has 0 fully saturated rings. The number of hydrogen-bond acceptors (Lipinski definition) is 1. The average molecular weight is 251 g/mol. The summed E-state index contributed by atoms with van der Waals surface area (Å²) < 4.78 is 5.44. The summed E-state index contributed by atoms with van der Waals surface area (Å²) in [5.41, 5.74) is 3.15. The van der Waals surface area contributed by atoms with Gasteiger partial charge in [-0.3, -0.25) is 0 Å². The fourth-order valence-corrected chi connectivity index (χ4v) is 2.05. The first-order valence-electron chi connectivity index (χ1n) is 6.44. The Hall–Kier alpha value is -2.27. The third kappa shape index (κ3) is 3.14. The second-order valence-electron chi connectivity index (χ2n) is 4.43. The molecule has 0 bridgehead atoms. The summed E-state index contributed by atoms with van der Waals surface area (Å²) in [5.74, 6) is 1.22. The Balaban J connectivity index is 2.18. The van der Waals surface area contributed by atoms with Crippen molar-refractivity contribution < 1.29 is 4.74 Å². The van der Waals surface area contributed by atoms with Crippen molar-refractivity contribution in [3.8, 4) is 5.75 Å². The van der Waals surface area contributed by atoms with Gasteiger partial charge in [0.05, 0.1) is 13.2 Å². The van der Waals surface area contributed by atoms with E-state index < -0.39 is 0 Å². The van der Waals surface area contributed by atoms with E-state index in [1.54, 1.807) is 0 Å². The van der Waals surface area contributed by atoms with Gasteiger partial charge in [0.15, 0.2) is 5.69 Å². The SMILES string of the molecule is [C-]#[N+]c1ccc(C(C)c2ccc(OCC)cc2)cc1. The van der Waals surface area contributed by atoms with E-state index in [0.29, 0.717) is 18.2 Å². The number of ether oxygens (including phenoxy) is 1.